The summed E-state index contributed by atoms with van der Waals surface area (Å²) in [7, 11) is 1.55. The first-order valence-electron chi connectivity index (χ1n) is 5.42. The third-order valence-corrected chi connectivity index (χ3v) is 2.21. The largest absolute Gasteiger partial charge is 0.497 e. The lowest BCUT2D eigenvalue weighted by atomic mass is 10.1. The second-order valence-electron chi connectivity index (χ2n) is 4.91. The van der Waals surface area contributed by atoms with Crippen LogP contribution in [0.4, 0.5) is 5.69 Å². The van der Waals surface area contributed by atoms with Crippen LogP contribution in [-0.2, 0) is 4.74 Å². The molecule has 4 heteroatoms. The summed E-state index contributed by atoms with van der Waals surface area (Å²) in [6.07, 6.45) is 0. The molecule has 1 aromatic carbocycles. The maximum atomic E-state index is 11.9. The quantitative estimate of drug-likeness (QED) is 0.634. The van der Waals surface area contributed by atoms with Gasteiger partial charge >= 0.3 is 5.97 Å². The molecule has 0 heterocycles. The molecule has 0 saturated carbocycles. The molecule has 0 aliphatic carbocycles. The van der Waals surface area contributed by atoms with Crippen molar-refractivity contribution in [3.8, 4) is 5.75 Å². The molecule has 0 aromatic heterocycles. The zero-order valence-electron chi connectivity index (χ0n) is 11.0. The Bertz CT molecular complexity index is 433. The lowest BCUT2D eigenvalue weighted by molar-refractivity contribution is 0.00704. The number of benzene rings is 1. The number of ether oxygens (including phenoxy) is 2. The van der Waals surface area contributed by atoms with E-state index < -0.39 is 11.6 Å². The molecule has 2 N–H and O–H groups in total. The molecule has 0 atom stereocenters. The topological polar surface area (TPSA) is 61.5 Å². The number of esters is 1. The minimum Gasteiger partial charge on any atom is -0.497 e. The van der Waals surface area contributed by atoms with Gasteiger partial charge in [-0.2, -0.15) is 0 Å². The van der Waals surface area contributed by atoms with E-state index in [0.29, 0.717) is 17.0 Å². The molecule has 0 saturated heterocycles. The van der Waals surface area contributed by atoms with Crippen molar-refractivity contribution < 1.29 is 14.3 Å². The molecule has 0 unspecified atom stereocenters. The van der Waals surface area contributed by atoms with Crippen LogP contribution in [0.3, 0.4) is 0 Å². The van der Waals surface area contributed by atoms with Crippen LogP contribution in [0.15, 0.2) is 12.1 Å². The predicted molar refractivity (Wildman–Crippen MR) is 67.3 cm³/mol. The van der Waals surface area contributed by atoms with E-state index in [1.807, 2.05) is 27.7 Å². The normalized spacial score (nSPS) is 11.1. The number of methoxy groups -OCH3 is 1. The van der Waals surface area contributed by atoms with E-state index in [2.05, 4.69) is 0 Å². The molecule has 4 nitrogen and oxygen atoms in total. The lowest BCUT2D eigenvalue weighted by Crippen LogP contribution is -2.24. The Labute approximate surface area is 102 Å². The van der Waals surface area contributed by atoms with Crippen molar-refractivity contribution in [3.05, 3.63) is 23.3 Å². The van der Waals surface area contributed by atoms with Crippen LogP contribution in [0.2, 0.25) is 0 Å². The smallest absolute Gasteiger partial charge is 0.340 e. The third-order valence-electron chi connectivity index (χ3n) is 2.21. The van der Waals surface area contributed by atoms with Crippen LogP contribution in [0.25, 0.3) is 0 Å². The molecule has 0 bridgehead atoms. The second-order valence-corrected chi connectivity index (χ2v) is 4.91. The van der Waals surface area contributed by atoms with E-state index >= 15 is 0 Å². The highest BCUT2D eigenvalue weighted by Gasteiger charge is 2.21. The Hall–Kier alpha value is -1.71. The molecule has 0 aliphatic heterocycles. The zero-order chi connectivity index (χ0) is 13.2. The number of carbonyl (C=O) groups excluding carboxylic acids is 1. The molecule has 0 aliphatic rings. The van der Waals surface area contributed by atoms with Gasteiger partial charge in [-0.3, -0.25) is 0 Å². The Morgan fingerprint density at radius 1 is 1.29 bits per heavy atom. The molecular formula is C13H19NO3. The second kappa shape index (κ2) is 4.65. The van der Waals surface area contributed by atoms with Crippen molar-refractivity contribution >= 4 is 11.7 Å². The van der Waals surface area contributed by atoms with Gasteiger partial charge in [-0.25, -0.2) is 4.79 Å². The number of hydrogen-bond acceptors (Lipinski definition) is 4. The summed E-state index contributed by atoms with van der Waals surface area (Å²) in [6, 6.07) is 3.37. The highest BCUT2D eigenvalue weighted by Crippen LogP contribution is 2.26. The Morgan fingerprint density at radius 3 is 2.35 bits per heavy atom. The fourth-order valence-electron chi connectivity index (χ4n) is 1.39. The van der Waals surface area contributed by atoms with Crippen molar-refractivity contribution in [2.24, 2.45) is 0 Å². The first-order chi connectivity index (χ1) is 7.74. The average Bonchev–Trinajstić information content (AvgIpc) is 2.19. The number of nitrogen functional groups attached to an aromatic ring is 1. The number of rotatable bonds is 2. The van der Waals surface area contributed by atoms with Gasteiger partial charge in [0, 0.05) is 5.69 Å². The van der Waals surface area contributed by atoms with Crippen LogP contribution >= 0.6 is 0 Å². The maximum absolute atomic E-state index is 11.9. The maximum Gasteiger partial charge on any atom is 0.340 e. The van der Waals surface area contributed by atoms with E-state index in [9.17, 15) is 4.79 Å². The van der Waals surface area contributed by atoms with Crippen molar-refractivity contribution in [1.82, 2.24) is 0 Å². The van der Waals surface area contributed by atoms with Crippen LogP contribution in [0.1, 0.15) is 36.7 Å². The summed E-state index contributed by atoms with van der Waals surface area (Å²) in [6.45, 7) is 7.27. The van der Waals surface area contributed by atoms with Crippen molar-refractivity contribution in [2.45, 2.75) is 33.3 Å². The standard InChI is InChI=1S/C13H19NO3/c1-8-6-9(16-5)7-10(11(8)14)12(15)17-13(2,3)4/h6-7H,14H2,1-5H3. The van der Waals surface area contributed by atoms with Gasteiger partial charge in [-0.15, -0.1) is 0 Å². The van der Waals surface area contributed by atoms with Crippen molar-refractivity contribution in [3.63, 3.8) is 0 Å². The number of hydrogen-bond donors (Lipinski definition) is 1. The van der Waals surface area contributed by atoms with Gasteiger partial charge in [0.15, 0.2) is 0 Å². The highest BCUT2D eigenvalue weighted by atomic mass is 16.6. The van der Waals surface area contributed by atoms with E-state index in [1.165, 1.54) is 0 Å². The fraction of sp³-hybridized carbons (Fsp3) is 0.462. The van der Waals surface area contributed by atoms with Crippen LogP contribution in [0.5, 0.6) is 5.75 Å². The van der Waals surface area contributed by atoms with E-state index in [4.69, 9.17) is 15.2 Å². The van der Waals surface area contributed by atoms with E-state index in [-0.39, 0.29) is 0 Å². The molecule has 0 amide bonds. The third kappa shape index (κ3) is 3.37. The van der Waals surface area contributed by atoms with Gasteiger partial charge in [0.05, 0.1) is 12.7 Å². The number of carbonyl (C=O) groups is 1. The van der Waals surface area contributed by atoms with Gasteiger partial charge in [0.1, 0.15) is 11.4 Å². The minimum atomic E-state index is -0.541. The number of anilines is 1. The average molecular weight is 237 g/mol. The molecule has 1 rings (SSSR count). The molecule has 94 valence electrons. The number of aryl methyl sites for hydroxylation is 1. The first kappa shape index (κ1) is 13.4. The van der Waals surface area contributed by atoms with Crippen LogP contribution < -0.4 is 10.5 Å². The molecule has 1 aromatic rings. The number of nitrogens with two attached hydrogens (primary N) is 1. The minimum absolute atomic E-state index is 0.344. The summed E-state index contributed by atoms with van der Waals surface area (Å²) in [5.41, 5.74) is 6.90. The molecule has 0 spiro atoms. The molecule has 0 fully saturated rings. The Kier molecular flexibility index (Phi) is 3.66. The van der Waals surface area contributed by atoms with Crippen molar-refractivity contribution in [2.75, 3.05) is 12.8 Å². The monoisotopic (exact) mass is 237 g/mol. The molecule has 17 heavy (non-hydrogen) atoms. The lowest BCUT2D eigenvalue weighted by Gasteiger charge is -2.20. The summed E-state index contributed by atoms with van der Waals surface area (Å²) in [5.74, 6) is 0.162. The van der Waals surface area contributed by atoms with Gasteiger partial charge in [0.2, 0.25) is 0 Å². The van der Waals surface area contributed by atoms with E-state index in [1.54, 1.807) is 19.2 Å². The summed E-state index contributed by atoms with van der Waals surface area (Å²) < 4.78 is 10.4. The van der Waals surface area contributed by atoms with Crippen LogP contribution in [-0.4, -0.2) is 18.7 Å². The fourth-order valence-corrected chi connectivity index (χ4v) is 1.39. The van der Waals surface area contributed by atoms with Gasteiger partial charge < -0.3 is 15.2 Å². The Balaban J connectivity index is 3.13. The van der Waals surface area contributed by atoms with E-state index in [0.717, 1.165) is 5.56 Å². The van der Waals surface area contributed by atoms with Gasteiger partial charge in [0.25, 0.3) is 0 Å². The zero-order valence-corrected chi connectivity index (χ0v) is 11.0. The van der Waals surface area contributed by atoms with Gasteiger partial charge in [-0.1, -0.05) is 0 Å². The predicted octanol–water partition coefficient (Wildman–Crippen LogP) is 2.54. The SMILES string of the molecule is COc1cc(C)c(N)c(C(=O)OC(C)(C)C)c1. The molecular weight excluding hydrogens is 218 g/mol. The van der Waals surface area contributed by atoms with Gasteiger partial charge in [-0.05, 0) is 45.4 Å². The summed E-state index contributed by atoms with van der Waals surface area (Å²) >= 11 is 0. The molecule has 0 radical (unpaired) electrons. The Morgan fingerprint density at radius 2 is 1.88 bits per heavy atom. The summed E-state index contributed by atoms with van der Waals surface area (Å²) in [4.78, 5) is 11.9. The highest BCUT2D eigenvalue weighted by molar-refractivity contribution is 5.96. The van der Waals surface area contributed by atoms with Crippen LogP contribution in [0, 0.1) is 6.92 Å². The van der Waals surface area contributed by atoms with Crippen molar-refractivity contribution in [1.29, 1.82) is 0 Å². The first-order valence-corrected chi connectivity index (χ1v) is 5.42. The summed E-state index contributed by atoms with van der Waals surface area (Å²) in [5, 5.41) is 0.